The predicted octanol–water partition coefficient (Wildman–Crippen LogP) is 2.76. The molecule has 1 aromatic heterocycles. The van der Waals surface area contributed by atoms with Crippen LogP contribution >= 0.6 is 35.6 Å². The zero-order valence-corrected chi connectivity index (χ0v) is 18.3. The molecule has 1 heterocycles. The molecule has 1 saturated carbocycles. The highest BCUT2D eigenvalue weighted by Gasteiger charge is 2.20. The maximum Gasteiger partial charge on any atom is 0.223 e. The molecule has 26 heavy (non-hydrogen) atoms. The Balaban J connectivity index is 0.00000338. The van der Waals surface area contributed by atoms with E-state index in [1.165, 1.54) is 19.3 Å². The van der Waals surface area contributed by atoms with Gasteiger partial charge in [-0.05, 0) is 30.9 Å². The highest BCUT2D eigenvalue weighted by Crippen LogP contribution is 2.23. The Labute approximate surface area is 178 Å². The van der Waals surface area contributed by atoms with Crippen LogP contribution in [0.3, 0.4) is 0 Å². The standard InChI is InChI=1S/C18H28ClN5O.HI/c1-20-18(22-10-9-14-7-8-16(19)24-13-14)23-12-11-21-17(25)15-5-3-2-4-6-15;/h7-8,13,15H,2-6,9-12H2,1H3,(H,21,25)(H2,20,22,23);1H. The largest absolute Gasteiger partial charge is 0.356 e. The van der Waals surface area contributed by atoms with Crippen LogP contribution in [0.2, 0.25) is 5.15 Å². The quantitative estimate of drug-likeness (QED) is 0.179. The maximum atomic E-state index is 12.1. The third-order valence-corrected chi connectivity index (χ3v) is 4.63. The van der Waals surface area contributed by atoms with Gasteiger partial charge in [0, 0.05) is 38.8 Å². The third kappa shape index (κ3) is 8.53. The number of rotatable bonds is 7. The van der Waals surface area contributed by atoms with Crippen molar-refractivity contribution in [2.45, 2.75) is 38.5 Å². The number of nitrogens with one attached hydrogen (secondary N) is 3. The maximum absolute atomic E-state index is 12.1. The molecule has 0 saturated heterocycles. The predicted molar refractivity (Wildman–Crippen MR) is 117 cm³/mol. The van der Waals surface area contributed by atoms with Crippen molar-refractivity contribution in [2.24, 2.45) is 10.9 Å². The summed E-state index contributed by atoms with van der Waals surface area (Å²) < 4.78 is 0. The molecule has 0 aromatic carbocycles. The Morgan fingerprint density at radius 3 is 2.50 bits per heavy atom. The van der Waals surface area contributed by atoms with Crippen molar-refractivity contribution >= 4 is 47.4 Å². The number of carbonyl (C=O) groups excluding carboxylic acids is 1. The minimum atomic E-state index is 0. The van der Waals surface area contributed by atoms with Crippen LogP contribution in [0.15, 0.2) is 23.3 Å². The first-order chi connectivity index (χ1) is 12.2. The minimum absolute atomic E-state index is 0. The molecule has 3 N–H and O–H groups in total. The smallest absolute Gasteiger partial charge is 0.223 e. The molecule has 1 amide bonds. The number of pyridine rings is 1. The number of amides is 1. The van der Waals surface area contributed by atoms with E-state index in [9.17, 15) is 4.79 Å². The van der Waals surface area contributed by atoms with E-state index in [1.54, 1.807) is 19.3 Å². The van der Waals surface area contributed by atoms with Gasteiger partial charge in [-0.15, -0.1) is 24.0 Å². The molecule has 8 heteroatoms. The Morgan fingerprint density at radius 2 is 1.85 bits per heavy atom. The van der Waals surface area contributed by atoms with E-state index < -0.39 is 0 Å². The SMILES string of the molecule is CN=C(NCCNC(=O)C1CCCCC1)NCCc1ccc(Cl)nc1.I. The first-order valence-corrected chi connectivity index (χ1v) is 9.39. The van der Waals surface area contributed by atoms with Crippen molar-refractivity contribution in [3.63, 3.8) is 0 Å². The van der Waals surface area contributed by atoms with E-state index in [0.29, 0.717) is 18.2 Å². The highest BCUT2D eigenvalue weighted by atomic mass is 127. The molecule has 0 bridgehead atoms. The summed E-state index contributed by atoms with van der Waals surface area (Å²) in [6.07, 6.45) is 8.29. The third-order valence-electron chi connectivity index (χ3n) is 4.41. The summed E-state index contributed by atoms with van der Waals surface area (Å²) in [6.45, 7) is 2.01. The monoisotopic (exact) mass is 493 g/mol. The Bertz CT molecular complexity index is 561. The number of hydrogen-bond donors (Lipinski definition) is 3. The summed E-state index contributed by atoms with van der Waals surface area (Å²) in [5.41, 5.74) is 1.12. The van der Waals surface area contributed by atoms with Crippen molar-refractivity contribution in [1.82, 2.24) is 20.9 Å². The van der Waals surface area contributed by atoms with Crippen LogP contribution in [0, 0.1) is 5.92 Å². The van der Waals surface area contributed by atoms with Crippen LogP contribution in [0.5, 0.6) is 0 Å². The van der Waals surface area contributed by atoms with Crippen molar-refractivity contribution in [3.8, 4) is 0 Å². The van der Waals surface area contributed by atoms with Crippen LogP contribution < -0.4 is 16.0 Å². The number of carbonyl (C=O) groups is 1. The normalized spacial score (nSPS) is 15.1. The molecule has 146 valence electrons. The second kappa shape index (κ2) is 13.1. The van der Waals surface area contributed by atoms with Gasteiger partial charge in [-0.1, -0.05) is 36.9 Å². The molecule has 6 nitrogen and oxygen atoms in total. The molecule has 0 spiro atoms. The van der Waals surface area contributed by atoms with Crippen LogP contribution in [-0.4, -0.2) is 43.5 Å². The van der Waals surface area contributed by atoms with E-state index in [1.807, 2.05) is 6.07 Å². The fourth-order valence-corrected chi connectivity index (χ4v) is 3.09. The summed E-state index contributed by atoms with van der Waals surface area (Å²) in [6, 6.07) is 3.76. The highest BCUT2D eigenvalue weighted by molar-refractivity contribution is 14.0. The van der Waals surface area contributed by atoms with Gasteiger partial charge in [-0.25, -0.2) is 4.98 Å². The number of aliphatic imine (C=N–C) groups is 1. The topological polar surface area (TPSA) is 78.4 Å². The molecule has 1 aromatic rings. The van der Waals surface area contributed by atoms with Gasteiger partial charge in [0.1, 0.15) is 5.15 Å². The Morgan fingerprint density at radius 1 is 1.15 bits per heavy atom. The zero-order chi connectivity index (χ0) is 17.9. The molecule has 1 aliphatic carbocycles. The summed E-state index contributed by atoms with van der Waals surface area (Å²) in [7, 11) is 1.74. The van der Waals surface area contributed by atoms with Crippen molar-refractivity contribution in [3.05, 3.63) is 29.0 Å². The number of nitrogens with zero attached hydrogens (tertiary/aromatic N) is 2. The van der Waals surface area contributed by atoms with Gasteiger partial charge in [0.05, 0.1) is 0 Å². The van der Waals surface area contributed by atoms with Gasteiger partial charge >= 0.3 is 0 Å². The summed E-state index contributed by atoms with van der Waals surface area (Å²) in [5, 5.41) is 9.98. The molecule has 0 aliphatic heterocycles. The van der Waals surface area contributed by atoms with Gasteiger partial charge in [0.2, 0.25) is 5.91 Å². The lowest BCUT2D eigenvalue weighted by Crippen LogP contribution is -2.43. The minimum Gasteiger partial charge on any atom is -0.356 e. The van der Waals surface area contributed by atoms with Crippen molar-refractivity contribution in [1.29, 1.82) is 0 Å². The van der Waals surface area contributed by atoms with Gasteiger partial charge in [0.25, 0.3) is 0 Å². The van der Waals surface area contributed by atoms with E-state index >= 15 is 0 Å². The number of halogens is 2. The molecule has 1 aliphatic rings. The van der Waals surface area contributed by atoms with E-state index in [2.05, 4.69) is 25.9 Å². The van der Waals surface area contributed by atoms with Crippen LogP contribution in [0.1, 0.15) is 37.7 Å². The summed E-state index contributed by atoms with van der Waals surface area (Å²) >= 11 is 5.78. The Hall–Kier alpha value is -1.09. The van der Waals surface area contributed by atoms with Crippen molar-refractivity contribution < 1.29 is 4.79 Å². The average molecular weight is 494 g/mol. The molecule has 0 unspecified atom stereocenters. The second-order valence-corrected chi connectivity index (χ2v) is 6.68. The number of aromatic nitrogens is 1. The first-order valence-electron chi connectivity index (χ1n) is 9.01. The molecular formula is C18H29ClIN5O. The van der Waals surface area contributed by atoms with Gasteiger partial charge in [-0.2, -0.15) is 0 Å². The van der Waals surface area contributed by atoms with E-state index in [4.69, 9.17) is 11.6 Å². The lowest BCUT2D eigenvalue weighted by atomic mass is 9.89. The lowest BCUT2D eigenvalue weighted by molar-refractivity contribution is -0.125. The lowest BCUT2D eigenvalue weighted by Gasteiger charge is -2.21. The van der Waals surface area contributed by atoms with Crippen molar-refractivity contribution in [2.75, 3.05) is 26.7 Å². The van der Waals surface area contributed by atoms with Gasteiger partial charge in [0.15, 0.2) is 5.96 Å². The zero-order valence-electron chi connectivity index (χ0n) is 15.3. The Kier molecular flexibility index (Phi) is 11.6. The second-order valence-electron chi connectivity index (χ2n) is 6.29. The van der Waals surface area contributed by atoms with Crippen LogP contribution in [0.4, 0.5) is 0 Å². The fraction of sp³-hybridized carbons (Fsp3) is 0.611. The van der Waals surface area contributed by atoms with E-state index in [-0.39, 0.29) is 35.8 Å². The first kappa shape index (κ1) is 23.0. The van der Waals surface area contributed by atoms with E-state index in [0.717, 1.165) is 37.3 Å². The molecule has 2 rings (SSSR count). The average Bonchev–Trinajstić information content (AvgIpc) is 2.65. The van der Waals surface area contributed by atoms with Crippen LogP contribution in [-0.2, 0) is 11.2 Å². The molecule has 0 atom stereocenters. The van der Waals surface area contributed by atoms with Gasteiger partial charge in [-0.3, -0.25) is 9.79 Å². The molecule has 1 fully saturated rings. The fourth-order valence-electron chi connectivity index (χ4n) is 2.98. The summed E-state index contributed by atoms with van der Waals surface area (Å²) in [5.74, 6) is 1.13. The molecule has 0 radical (unpaired) electrons. The number of guanidine groups is 1. The molecular weight excluding hydrogens is 465 g/mol. The number of hydrogen-bond acceptors (Lipinski definition) is 3. The van der Waals surface area contributed by atoms with Gasteiger partial charge < -0.3 is 16.0 Å². The van der Waals surface area contributed by atoms with Crippen LogP contribution in [0.25, 0.3) is 0 Å². The summed E-state index contributed by atoms with van der Waals surface area (Å²) in [4.78, 5) is 20.3.